The van der Waals surface area contributed by atoms with Gasteiger partial charge in [0.25, 0.3) is 0 Å². The fourth-order valence-electron chi connectivity index (χ4n) is 2.20. The van der Waals surface area contributed by atoms with Crippen LogP contribution in [0, 0.1) is 17.5 Å². The molecule has 0 aliphatic heterocycles. The van der Waals surface area contributed by atoms with Gasteiger partial charge in [0, 0.05) is 28.0 Å². The number of halogens is 4. The highest BCUT2D eigenvalue weighted by Gasteiger charge is 2.15. The van der Waals surface area contributed by atoms with Gasteiger partial charge in [-0.05, 0) is 12.1 Å². The van der Waals surface area contributed by atoms with Gasteiger partial charge in [-0.2, -0.15) is 0 Å². The average molecular weight is 367 g/mol. The second-order valence-corrected chi connectivity index (χ2v) is 5.55. The third-order valence-corrected chi connectivity index (χ3v) is 3.98. The molecule has 0 atom stereocenters. The van der Waals surface area contributed by atoms with Crippen molar-refractivity contribution >= 4 is 15.9 Å². The SMILES string of the molecule is Fc1ccc(Cn2ccnc2-c2ccccc2Br)c(F)c1F. The summed E-state index contributed by atoms with van der Waals surface area (Å²) in [5, 5.41) is 0. The van der Waals surface area contributed by atoms with Crippen LogP contribution in [0.5, 0.6) is 0 Å². The Morgan fingerprint density at radius 2 is 1.77 bits per heavy atom. The standard InChI is InChI=1S/C16H10BrF3N2/c17-12-4-2-1-3-11(12)16-21-7-8-22(16)9-10-5-6-13(18)15(20)14(10)19/h1-8H,9H2. The molecule has 6 heteroatoms. The maximum Gasteiger partial charge on any atom is 0.194 e. The zero-order chi connectivity index (χ0) is 15.7. The number of benzene rings is 2. The summed E-state index contributed by atoms with van der Waals surface area (Å²) in [5.41, 5.74) is 0.890. The smallest absolute Gasteiger partial charge is 0.194 e. The normalized spacial score (nSPS) is 10.9. The molecule has 3 aromatic rings. The molecule has 0 saturated carbocycles. The Kier molecular flexibility index (Phi) is 4.02. The lowest BCUT2D eigenvalue weighted by atomic mass is 10.1. The number of rotatable bonds is 3. The van der Waals surface area contributed by atoms with Crippen molar-refractivity contribution in [3.05, 3.63) is 76.3 Å². The van der Waals surface area contributed by atoms with E-state index in [9.17, 15) is 13.2 Å². The van der Waals surface area contributed by atoms with Crippen molar-refractivity contribution < 1.29 is 13.2 Å². The van der Waals surface area contributed by atoms with Crippen LogP contribution < -0.4 is 0 Å². The molecule has 0 aliphatic rings. The first-order valence-corrected chi connectivity index (χ1v) is 7.25. The quantitative estimate of drug-likeness (QED) is 0.610. The summed E-state index contributed by atoms with van der Waals surface area (Å²) < 4.78 is 42.6. The molecule has 0 spiro atoms. The Balaban J connectivity index is 2.01. The molecular formula is C16H10BrF3N2. The maximum atomic E-state index is 13.8. The van der Waals surface area contributed by atoms with Gasteiger partial charge < -0.3 is 4.57 Å². The summed E-state index contributed by atoms with van der Waals surface area (Å²) in [6, 6.07) is 9.62. The van der Waals surface area contributed by atoms with Crippen LogP contribution in [-0.2, 0) is 6.54 Å². The monoisotopic (exact) mass is 366 g/mol. The molecule has 0 bridgehead atoms. The van der Waals surface area contributed by atoms with Gasteiger partial charge in [-0.1, -0.05) is 40.2 Å². The van der Waals surface area contributed by atoms with Crippen molar-refractivity contribution in [2.75, 3.05) is 0 Å². The molecule has 0 amide bonds. The van der Waals surface area contributed by atoms with E-state index in [0.29, 0.717) is 5.82 Å². The van der Waals surface area contributed by atoms with Crippen LogP contribution in [0.15, 0.2) is 53.3 Å². The zero-order valence-electron chi connectivity index (χ0n) is 11.2. The minimum atomic E-state index is -1.46. The first-order valence-electron chi connectivity index (χ1n) is 6.46. The van der Waals surface area contributed by atoms with Crippen LogP contribution in [0.4, 0.5) is 13.2 Å². The molecule has 112 valence electrons. The number of hydrogen-bond acceptors (Lipinski definition) is 1. The van der Waals surface area contributed by atoms with Gasteiger partial charge in [0.1, 0.15) is 5.82 Å². The topological polar surface area (TPSA) is 17.8 Å². The van der Waals surface area contributed by atoms with Gasteiger partial charge in [0.05, 0.1) is 6.54 Å². The first-order chi connectivity index (χ1) is 10.6. The van der Waals surface area contributed by atoms with Crippen molar-refractivity contribution in [1.29, 1.82) is 0 Å². The lowest BCUT2D eigenvalue weighted by molar-refractivity contribution is 0.439. The van der Waals surface area contributed by atoms with Crippen molar-refractivity contribution in [2.24, 2.45) is 0 Å². The summed E-state index contributed by atoms with van der Waals surface area (Å²) in [4.78, 5) is 4.26. The predicted molar refractivity (Wildman–Crippen MR) is 80.8 cm³/mol. The zero-order valence-corrected chi connectivity index (χ0v) is 12.8. The molecule has 1 aromatic heterocycles. The van der Waals surface area contributed by atoms with E-state index in [4.69, 9.17) is 0 Å². The summed E-state index contributed by atoms with van der Waals surface area (Å²) in [7, 11) is 0. The Morgan fingerprint density at radius 3 is 2.55 bits per heavy atom. The molecular weight excluding hydrogens is 357 g/mol. The van der Waals surface area contributed by atoms with Crippen molar-refractivity contribution in [3.63, 3.8) is 0 Å². The second-order valence-electron chi connectivity index (χ2n) is 4.69. The minimum absolute atomic E-state index is 0.0553. The Bertz CT molecular complexity index is 830. The molecule has 0 radical (unpaired) electrons. The molecule has 22 heavy (non-hydrogen) atoms. The van der Waals surface area contributed by atoms with E-state index in [1.54, 1.807) is 17.0 Å². The summed E-state index contributed by atoms with van der Waals surface area (Å²) in [6.45, 7) is 0.0553. The summed E-state index contributed by atoms with van der Waals surface area (Å²) in [5.74, 6) is -3.22. The first kappa shape index (κ1) is 14.8. The molecule has 2 aromatic carbocycles. The molecule has 3 rings (SSSR count). The molecule has 0 saturated heterocycles. The fourth-order valence-corrected chi connectivity index (χ4v) is 2.66. The average Bonchev–Trinajstić information content (AvgIpc) is 2.96. The van der Waals surface area contributed by atoms with Gasteiger partial charge >= 0.3 is 0 Å². The largest absolute Gasteiger partial charge is 0.326 e. The molecule has 0 aliphatic carbocycles. The predicted octanol–water partition coefficient (Wildman–Crippen LogP) is 4.78. The van der Waals surface area contributed by atoms with Gasteiger partial charge in [-0.15, -0.1) is 0 Å². The number of imidazole rings is 1. The van der Waals surface area contributed by atoms with Crippen LogP contribution in [0.1, 0.15) is 5.56 Å². The van der Waals surface area contributed by atoms with Gasteiger partial charge in [0.2, 0.25) is 0 Å². The second kappa shape index (κ2) is 5.96. The van der Waals surface area contributed by atoms with Crippen molar-refractivity contribution in [3.8, 4) is 11.4 Å². The highest BCUT2D eigenvalue weighted by molar-refractivity contribution is 9.10. The van der Waals surface area contributed by atoms with Crippen molar-refractivity contribution in [1.82, 2.24) is 9.55 Å². The lowest BCUT2D eigenvalue weighted by Crippen LogP contribution is -2.05. The van der Waals surface area contributed by atoms with Gasteiger partial charge in [0.15, 0.2) is 17.5 Å². The fraction of sp³-hybridized carbons (Fsp3) is 0.0625. The number of nitrogens with zero attached hydrogens (tertiary/aromatic N) is 2. The molecule has 0 fully saturated rings. The van der Waals surface area contributed by atoms with Crippen LogP contribution in [-0.4, -0.2) is 9.55 Å². The number of hydrogen-bond donors (Lipinski definition) is 0. The van der Waals surface area contributed by atoms with E-state index in [0.717, 1.165) is 16.1 Å². The highest BCUT2D eigenvalue weighted by Crippen LogP contribution is 2.27. The summed E-state index contributed by atoms with van der Waals surface area (Å²) in [6.07, 6.45) is 3.24. The third-order valence-electron chi connectivity index (χ3n) is 3.29. The molecule has 0 N–H and O–H groups in total. The van der Waals surface area contributed by atoms with E-state index in [-0.39, 0.29) is 12.1 Å². The minimum Gasteiger partial charge on any atom is -0.326 e. The Hall–Kier alpha value is -2.08. The summed E-state index contributed by atoms with van der Waals surface area (Å²) >= 11 is 3.44. The lowest BCUT2D eigenvalue weighted by Gasteiger charge is -2.10. The van der Waals surface area contributed by atoms with Gasteiger partial charge in [-0.3, -0.25) is 0 Å². The van der Waals surface area contributed by atoms with Gasteiger partial charge in [-0.25, -0.2) is 18.2 Å². The van der Waals surface area contributed by atoms with E-state index in [1.165, 1.54) is 6.07 Å². The van der Waals surface area contributed by atoms with Crippen LogP contribution >= 0.6 is 15.9 Å². The highest BCUT2D eigenvalue weighted by atomic mass is 79.9. The molecule has 0 unspecified atom stereocenters. The van der Waals surface area contributed by atoms with Crippen LogP contribution in [0.2, 0.25) is 0 Å². The van der Waals surface area contributed by atoms with Crippen LogP contribution in [0.3, 0.4) is 0 Å². The number of aromatic nitrogens is 2. The van der Waals surface area contributed by atoms with E-state index < -0.39 is 17.5 Å². The van der Waals surface area contributed by atoms with E-state index >= 15 is 0 Å². The Labute approximate surface area is 133 Å². The van der Waals surface area contributed by atoms with E-state index in [2.05, 4.69) is 20.9 Å². The van der Waals surface area contributed by atoms with Crippen LogP contribution in [0.25, 0.3) is 11.4 Å². The molecule has 2 nitrogen and oxygen atoms in total. The Morgan fingerprint density at radius 1 is 1.00 bits per heavy atom. The third kappa shape index (κ3) is 2.66. The van der Waals surface area contributed by atoms with Crippen molar-refractivity contribution in [2.45, 2.75) is 6.54 Å². The maximum absolute atomic E-state index is 13.8. The van der Waals surface area contributed by atoms with E-state index in [1.807, 2.05) is 24.3 Å². The molecule has 1 heterocycles.